The van der Waals surface area contributed by atoms with Crippen LogP contribution in [0.2, 0.25) is 0 Å². The molecule has 3 nitrogen and oxygen atoms in total. The molecule has 1 N–H and O–H groups in total. The van der Waals surface area contributed by atoms with Gasteiger partial charge >= 0.3 is 0 Å². The second kappa shape index (κ2) is 4.61. The molecule has 84 valence electrons. The third-order valence-electron chi connectivity index (χ3n) is 2.19. The Labute approximate surface area is 89.4 Å². The molecule has 0 aliphatic rings. The lowest BCUT2D eigenvalue weighted by molar-refractivity contribution is 0.586. The van der Waals surface area contributed by atoms with Crippen LogP contribution in [0.4, 0.5) is 10.1 Å². The SMILES string of the molecule is CCC(C)S(=O)(=O)Nc1cccc(F)c1. The molecule has 0 saturated carbocycles. The predicted molar refractivity (Wildman–Crippen MR) is 58.7 cm³/mol. The first-order chi connectivity index (χ1) is 6.95. The Hall–Kier alpha value is -1.10. The van der Waals surface area contributed by atoms with E-state index in [2.05, 4.69) is 4.72 Å². The van der Waals surface area contributed by atoms with Crippen molar-refractivity contribution in [3.05, 3.63) is 30.1 Å². The fraction of sp³-hybridized carbons (Fsp3) is 0.400. The monoisotopic (exact) mass is 231 g/mol. The Balaban J connectivity index is 2.87. The van der Waals surface area contributed by atoms with Crippen molar-refractivity contribution in [2.75, 3.05) is 4.72 Å². The third kappa shape index (κ3) is 3.20. The molecule has 5 heteroatoms. The van der Waals surface area contributed by atoms with Crippen LogP contribution in [0.25, 0.3) is 0 Å². The summed E-state index contributed by atoms with van der Waals surface area (Å²) in [7, 11) is -3.40. The lowest BCUT2D eigenvalue weighted by atomic mass is 10.3. The maximum Gasteiger partial charge on any atom is 0.235 e. The molecule has 0 heterocycles. The zero-order valence-corrected chi connectivity index (χ0v) is 9.51. The highest BCUT2D eigenvalue weighted by atomic mass is 32.2. The van der Waals surface area contributed by atoms with Crippen molar-refractivity contribution < 1.29 is 12.8 Å². The summed E-state index contributed by atoms with van der Waals surface area (Å²) in [6.45, 7) is 3.40. The number of sulfonamides is 1. The highest BCUT2D eigenvalue weighted by Gasteiger charge is 2.18. The van der Waals surface area contributed by atoms with Crippen molar-refractivity contribution in [2.24, 2.45) is 0 Å². The van der Waals surface area contributed by atoms with Gasteiger partial charge in [0.05, 0.1) is 10.9 Å². The predicted octanol–water partition coefficient (Wildman–Crippen LogP) is 2.37. The average Bonchev–Trinajstić information content (AvgIpc) is 2.15. The van der Waals surface area contributed by atoms with E-state index in [0.717, 1.165) is 6.07 Å². The smallest absolute Gasteiger partial charge is 0.235 e. The van der Waals surface area contributed by atoms with Gasteiger partial charge in [0, 0.05) is 0 Å². The first-order valence-electron chi connectivity index (χ1n) is 4.73. The van der Waals surface area contributed by atoms with Gasteiger partial charge in [-0.25, -0.2) is 12.8 Å². The quantitative estimate of drug-likeness (QED) is 0.864. The second-order valence-electron chi connectivity index (χ2n) is 3.38. The minimum Gasteiger partial charge on any atom is -0.283 e. The Morgan fingerprint density at radius 3 is 2.67 bits per heavy atom. The van der Waals surface area contributed by atoms with E-state index in [9.17, 15) is 12.8 Å². The topological polar surface area (TPSA) is 46.2 Å². The number of hydrogen-bond donors (Lipinski definition) is 1. The summed E-state index contributed by atoms with van der Waals surface area (Å²) in [4.78, 5) is 0. The standard InChI is InChI=1S/C10H14FNO2S/c1-3-8(2)15(13,14)12-10-6-4-5-9(11)7-10/h4-8,12H,3H2,1-2H3. The average molecular weight is 231 g/mol. The van der Waals surface area contributed by atoms with E-state index in [1.165, 1.54) is 18.2 Å². The van der Waals surface area contributed by atoms with Gasteiger partial charge in [-0.1, -0.05) is 13.0 Å². The normalized spacial score (nSPS) is 13.5. The van der Waals surface area contributed by atoms with Gasteiger partial charge in [0.25, 0.3) is 0 Å². The van der Waals surface area contributed by atoms with E-state index in [4.69, 9.17) is 0 Å². The Morgan fingerprint density at radius 1 is 1.47 bits per heavy atom. The van der Waals surface area contributed by atoms with Crippen LogP contribution in [0.15, 0.2) is 24.3 Å². The minimum atomic E-state index is -3.40. The Morgan fingerprint density at radius 2 is 2.13 bits per heavy atom. The molecule has 0 aromatic heterocycles. The minimum absolute atomic E-state index is 0.260. The molecule has 1 unspecified atom stereocenters. The van der Waals surface area contributed by atoms with Crippen LogP contribution in [0.5, 0.6) is 0 Å². The van der Waals surface area contributed by atoms with Gasteiger partial charge in [0.15, 0.2) is 0 Å². The van der Waals surface area contributed by atoms with E-state index < -0.39 is 21.1 Å². The molecule has 0 bridgehead atoms. The number of halogens is 1. The molecular weight excluding hydrogens is 217 g/mol. The number of rotatable bonds is 4. The molecule has 0 aliphatic heterocycles. The van der Waals surface area contributed by atoms with Crippen molar-refractivity contribution in [1.29, 1.82) is 0 Å². The molecule has 1 aromatic rings. The van der Waals surface area contributed by atoms with Crippen LogP contribution in [-0.4, -0.2) is 13.7 Å². The first-order valence-corrected chi connectivity index (χ1v) is 6.27. The molecule has 15 heavy (non-hydrogen) atoms. The van der Waals surface area contributed by atoms with Crippen molar-refractivity contribution in [3.63, 3.8) is 0 Å². The van der Waals surface area contributed by atoms with E-state index in [-0.39, 0.29) is 5.69 Å². The third-order valence-corrected chi connectivity index (χ3v) is 4.10. The molecular formula is C10H14FNO2S. The van der Waals surface area contributed by atoms with E-state index >= 15 is 0 Å². The highest BCUT2D eigenvalue weighted by molar-refractivity contribution is 7.93. The largest absolute Gasteiger partial charge is 0.283 e. The van der Waals surface area contributed by atoms with E-state index in [1.807, 2.05) is 0 Å². The lowest BCUT2D eigenvalue weighted by Crippen LogP contribution is -2.24. The molecule has 0 radical (unpaired) electrons. The van der Waals surface area contributed by atoms with E-state index in [0.29, 0.717) is 6.42 Å². The summed E-state index contributed by atoms with van der Waals surface area (Å²) in [6.07, 6.45) is 0.519. The number of benzene rings is 1. The molecule has 1 rings (SSSR count). The maximum atomic E-state index is 12.8. The summed E-state index contributed by atoms with van der Waals surface area (Å²) in [5, 5.41) is -0.485. The Bertz CT molecular complexity index is 431. The van der Waals surface area contributed by atoms with Crippen LogP contribution < -0.4 is 4.72 Å². The van der Waals surface area contributed by atoms with Crippen LogP contribution in [-0.2, 0) is 10.0 Å². The van der Waals surface area contributed by atoms with Crippen molar-refractivity contribution in [3.8, 4) is 0 Å². The highest BCUT2D eigenvalue weighted by Crippen LogP contribution is 2.14. The van der Waals surface area contributed by atoms with Crippen molar-refractivity contribution in [2.45, 2.75) is 25.5 Å². The maximum absolute atomic E-state index is 12.8. The van der Waals surface area contributed by atoms with Crippen molar-refractivity contribution >= 4 is 15.7 Å². The molecule has 1 atom stereocenters. The van der Waals surface area contributed by atoms with Gasteiger partial charge in [-0.05, 0) is 31.5 Å². The number of anilines is 1. The van der Waals surface area contributed by atoms with Gasteiger partial charge in [-0.2, -0.15) is 0 Å². The zero-order chi connectivity index (χ0) is 11.5. The molecule has 0 spiro atoms. The van der Waals surface area contributed by atoms with Gasteiger partial charge in [0.1, 0.15) is 5.82 Å². The van der Waals surface area contributed by atoms with Gasteiger partial charge in [-0.15, -0.1) is 0 Å². The molecule has 0 amide bonds. The lowest BCUT2D eigenvalue weighted by Gasteiger charge is -2.12. The van der Waals surface area contributed by atoms with Gasteiger partial charge < -0.3 is 0 Å². The first kappa shape index (κ1) is 12.0. The summed E-state index contributed by atoms with van der Waals surface area (Å²) >= 11 is 0. The Kier molecular flexibility index (Phi) is 3.68. The number of hydrogen-bond acceptors (Lipinski definition) is 2. The summed E-state index contributed by atoms with van der Waals surface area (Å²) in [5.74, 6) is -0.459. The van der Waals surface area contributed by atoms with Crippen LogP contribution in [0.1, 0.15) is 20.3 Å². The zero-order valence-electron chi connectivity index (χ0n) is 8.70. The summed E-state index contributed by atoms with van der Waals surface area (Å²) in [6, 6.07) is 5.40. The van der Waals surface area contributed by atoms with Gasteiger partial charge in [-0.3, -0.25) is 4.72 Å². The van der Waals surface area contributed by atoms with Crippen LogP contribution in [0.3, 0.4) is 0 Å². The summed E-state index contributed by atoms with van der Waals surface area (Å²) < 4.78 is 38.3. The van der Waals surface area contributed by atoms with Crippen LogP contribution >= 0.6 is 0 Å². The molecule has 0 saturated heterocycles. The van der Waals surface area contributed by atoms with Crippen molar-refractivity contribution in [1.82, 2.24) is 0 Å². The second-order valence-corrected chi connectivity index (χ2v) is 5.48. The molecule has 1 aromatic carbocycles. The molecule has 0 fully saturated rings. The fourth-order valence-corrected chi connectivity index (χ4v) is 2.13. The fourth-order valence-electron chi connectivity index (χ4n) is 1.04. The van der Waals surface area contributed by atoms with Crippen LogP contribution in [0, 0.1) is 5.82 Å². The summed E-state index contributed by atoms with van der Waals surface area (Å²) in [5.41, 5.74) is 0.260. The number of nitrogens with one attached hydrogen (secondary N) is 1. The van der Waals surface area contributed by atoms with E-state index in [1.54, 1.807) is 13.8 Å². The molecule has 0 aliphatic carbocycles. The van der Waals surface area contributed by atoms with Gasteiger partial charge in [0.2, 0.25) is 10.0 Å².